The molecule has 0 heterocycles. The molecule has 0 amide bonds. The highest BCUT2D eigenvalue weighted by atomic mass is 16.4. The Kier molecular flexibility index (Phi) is 4.40. The average Bonchev–Trinajstić information content (AvgIpc) is 2.46. The highest BCUT2D eigenvalue weighted by Crippen LogP contribution is 2.28. The second kappa shape index (κ2) is 6.24. The lowest BCUT2D eigenvalue weighted by molar-refractivity contribution is -0.139. The van der Waals surface area contributed by atoms with Crippen molar-refractivity contribution in [2.24, 2.45) is 5.92 Å². The van der Waals surface area contributed by atoms with E-state index in [1.165, 1.54) is 6.42 Å². The molecule has 19 heavy (non-hydrogen) atoms. The van der Waals surface area contributed by atoms with Gasteiger partial charge in [-0.3, -0.25) is 0 Å². The van der Waals surface area contributed by atoms with Crippen LogP contribution >= 0.6 is 0 Å². The number of nitrogens with zero attached hydrogens (tertiary/aromatic N) is 1. The molecule has 1 unspecified atom stereocenters. The largest absolute Gasteiger partial charge is 0.480 e. The van der Waals surface area contributed by atoms with Gasteiger partial charge in [0.2, 0.25) is 0 Å². The Hall–Kier alpha value is -2.02. The van der Waals surface area contributed by atoms with E-state index in [1.807, 2.05) is 6.07 Å². The maximum Gasteiger partial charge on any atom is 0.326 e. The summed E-state index contributed by atoms with van der Waals surface area (Å²) in [6.45, 7) is 0. The van der Waals surface area contributed by atoms with Crippen LogP contribution in [-0.4, -0.2) is 17.1 Å². The lowest BCUT2D eigenvalue weighted by Gasteiger charge is -2.28. The molecule has 0 saturated heterocycles. The first kappa shape index (κ1) is 13.4. The third-order valence-corrected chi connectivity index (χ3v) is 3.72. The van der Waals surface area contributed by atoms with E-state index in [2.05, 4.69) is 5.32 Å². The summed E-state index contributed by atoms with van der Waals surface area (Å²) in [6, 6.07) is 8.43. The van der Waals surface area contributed by atoms with Gasteiger partial charge in [-0.1, -0.05) is 19.3 Å². The lowest BCUT2D eigenvalue weighted by atomic mass is 9.84. The van der Waals surface area contributed by atoms with Crippen LogP contribution in [0.2, 0.25) is 0 Å². The molecule has 100 valence electrons. The number of hydrogen-bond acceptors (Lipinski definition) is 3. The lowest BCUT2D eigenvalue weighted by Crippen LogP contribution is -2.37. The van der Waals surface area contributed by atoms with Gasteiger partial charge in [0.1, 0.15) is 6.04 Å². The fraction of sp³-hybridized carbons (Fsp3) is 0.467. The fourth-order valence-corrected chi connectivity index (χ4v) is 2.67. The molecule has 1 aliphatic carbocycles. The summed E-state index contributed by atoms with van der Waals surface area (Å²) in [5, 5.41) is 21.2. The molecular weight excluding hydrogens is 240 g/mol. The fourth-order valence-electron chi connectivity index (χ4n) is 2.67. The highest BCUT2D eigenvalue weighted by Gasteiger charge is 2.29. The first-order valence-corrected chi connectivity index (χ1v) is 6.70. The Morgan fingerprint density at radius 2 is 1.89 bits per heavy atom. The summed E-state index contributed by atoms with van der Waals surface area (Å²) >= 11 is 0. The van der Waals surface area contributed by atoms with Gasteiger partial charge in [0, 0.05) is 5.69 Å². The second-order valence-corrected chi connectivity index (χ2v) is 5.05. The van der Waals surface area contributed by atoms with Gasteiger partial charge in [-0.15, -0.1) is 0 Å². The number of aliphatic carboxylic acids is 1. The number of carboxylic acids is 1. The van der Waals surface area contributed by atoms with Crippen LogP contribution in [0.5, 0.6) is 0 Å². The Morgan fingerprint density at radius 3 is 2.42 bits per heavy atom. The SMILES string of the molecule is N#Cc1ccc(NC(C(=O)O)C2CCCCC2)cc1. The van der Waals surface area contributed by atoms with E-state index in [0.717, 1.165) is 31.4 Å². The smallest absolute Gasteiger partial charge is 0.326 e. The van der Waals surface area contributed by atoms with Crippen molar-refractivity contribution in [1.82, 2.24) is 0 Å². The van der Waals surface area contributed by atoms with E-state index in [4.69, 9.17) is 5.26 Å². The number of anilines is 1. The molecule has 4 nitrogen and oxygen atoms in total. The maximum absolute atomic E-state index is 11.4. The number of carbonyl (C=O) groups is 1. The van der Waals surface area contributed by atoms with Crippen molar-refractivity contribution < 1.29 is 9.90 Å². The minimum atomic E-state index is -0.795. The summed E-state index contributed by atoms with van der Waals surface area (Å²) in [5.41, 5.74) is 1.34. The maximum atomic E-state index is 11.4. The molecule has 4 heteroatoms. The van der Waals surface area contributed by atoms with Crippen LogP contribution in [0.4, 0.5) is 5.69 Å². The van der Waals surface area contributed by atoms with Crippen LogP contribution in [0.15, 0.2) is 24.3 Å². The van der Waals surface area contributed by atoms with E-state index in [0.29, 0.717) is 5.56 Å². The van der Waals surface area contributed by atoms with Gasteiger partial charge in [0.15, 0.2) is 0 Å². The summed E-state index contributed by atoms with van der Waals surface area (Å²) in [7, 11) is 0. The first-order valence-electron chi connectivity index (χ1n) is 6.70. The van der Waals surface area contributed by atoms with Crippen molar-refractivity contribution >= 4 is 11.7 Å². The van der Waals surface area contributed by atoms with Crippen LogP contribution in [0.25, 0.3) is 0 Å². The zero-order valence-electron chi connectivity index (χ0n) is 10.8. The van der Waals surface area contributed by atoms with E-state index in [-0.39, 0.29) is 5.92 Å². The van der Waals surface area contributed by atoms with E-state index in [1.54, 1.807) is 24.3 Å². The molecule has 0 aliphatic heterocycles. The van der Waals surface area contributed by atoms with Crippen LogP contribution in [0.1, 0.15) is 37.7 Å². The monoisotopic (exact) mass is 258 g/mol. The molecule has 1 fully saturated rings. The third-order valence-electron chi connectivity index (χ3n) is 3.72. The van der Waals surface area contributed by atoms with E-state index >= 15 is 0 Å². The van der Waals surface area contributed by atoms with Gasteiger partial charge in [-0.2, -0.15) is 5.26 Å². The van der Waals surface area contributed by atoms with Crippen molar-refractivity contribution in [3.63, 3.8) is 0 Å². The first-order chi connectivity index (χ1) is 9.20. The Balaban J connectivity index is 2.07. The average molecular weight is 258 g/mol. The Morgan fingerprint density at radius 1 is 1.26 bits per heavy atom. The van der Waals surface area contributed by atoms with Gasteiger partial charge in [-0.05, 0) is 43.0 Å². The molecule has 1 saturated carbocycles. The summed E-state index contributed by atoms with van der Waals surface area (Å²) < 4.78 is 0. The molecule has 1 aliphatic rings. The number of hydrogen-bond donors (Lipinski definition) is 2. The van der Waals surface area contributed by atoms with Crippen LogP contribution in [0, 0.1) is 17.2 Å². The topological polar surface area (TPSA) is 73.1 Å². The number of carboxylic acid groups (broad SMARTS) is 1. The minimum absolute atomic E-state index is 0.196. The predicted octanol–water partition coefficient (Wildman–Crippen LogP) is 3.00. The summed E-state index contributed by atoms with van der Waals surface area (Å²) in [4.78, 5) is 11.4. The van der Waals surface area contributed by atoms with Crippen molar-refractivity contribution in [3.05, 3.63) is 29.8 Å². The van der Waals surface area contributed by atoms with Gasteiger partial charge in [0.25, 0.3) is 0 Å². The van der Waals surface area contributed by atoms with Crippen LogP contribution < -0.4 is 5.32 Å². The molecular formula is C15H18N2O2. The summed E-state index contributed by atoms with van der Waals surface area (Å²) in [5.74, 6) is -0.599. The number of nitriles is 1. The van der Waals surface area contributed by atoms with E-state index in [9.17, 15) is 9.90 Å². The van der Waals surface area contributed by atoms with E-state index < -0.39 is 12.0 Å². The predicted molar refractivity (Wildman–Crippen MR) is 72.8 cm³/mol. The van der Waals surface area contributed by atoms with Gasteiger partial charge >= 0.3 is 5.97 Å². The van der Waals surface area contributed by atoms with Gasteiger partial charge in [-0.25, -0.2) is 4.79 Å². The molecule has 1 aromatic rings. The van der Waals surface area contributed by atoms with Crippen molar-refractivity contribution in [2.45, 2.75) is 38.1 Å². The number of benzene rings is 1. The minimum Gasteiger partial charge on any atom is -0.480 e. The molecule has 1 aromatic carbocycles. The second-order valence-electron chi connectivity index (χ2n) is 5.05. The third kappa shape index (κ3) is 3.47. The highest BCUT2D eigenvalue weighted by molar-refractivity contribution is 5.77. The Labute approximate surface area is 113 Å². The molecule has 0 spiro atoms. The molecule has 1 atom stereocenters. The zero-order valence-corrected chi connectivity index (χ0v) is 10.8. The van der Waals surface area contributed by atoms with Crippen molar-refractivity contribution in [3.8, 4) is 6.07 Å². The van der Waals surface area contributed by atoms with Gasteiger partial charge in [0.05, 0.1) is 11.6 Å². The molecule has 0 bridgehead atoms. The van der Waals surface area contributed by atoms with Crippen molar-refractivity contribution in [1.29, 1.82) is 5.26 Å². The summed E-state index contributed by atoms with van der Waals surface area (Å²) in [6.07, 6.45) is 5.38. The molecule has 2 N–H and O–H groups in total. The molecule has 0 aromatic heterocycles. The zero-order chi connectivity index (χ0) is 13.7. The number of rotatable bonds is 4. The van der Waals surface area contributed by atoms with Gasteiger partial charge < -0.3 is 10.4 Å². The molecule has 2 rings (SSSR count). The standard InChI is InChI=1S/C15H18N2O2/c16-10-11-6-8-13(9-7-11)17-14(15(18)19)12-4-2-1-3-5-12/h6-9,12,14,17H,1-5H2,(H,18,19). The number of nitrogens with one attached hydrogen (secondary N) is 1. The van der Waals surface area contributed by atoms with Crippen LogP contribution in [-0.2, 0) is 4.79 Å². The Bertz CT molecular complexity index is 470. The van der Waals surface area contributed by atoms with Crippen molar-refractivity contribution in [2.75, 3.05) is 5.32 Å². The molecule has 0 radical (unpaired) electrons. The van der Waals surface area contributed by atoms with Crippen LogP contribution in [0.3, 0.4) is 0 Å². The normalized spacial score (nSPS) is 17.4. The quantitative estimate of drug-likeness (QED) is 0.870.